The van der Waals surface area contributed by atoms with Gasteiger partial charge in [-0.3, -0.25) is 29.0 Å². The van der Waals surface area contributed by atoms with Gasteiger partial charge in [0.2, 0.25) is 17.8 Å². The molecule has 372 valence electrons. The van der Waals surface area contributed by atoms with Gasteiger partial charge in [-0.05, 0) is 117 Å². The molecule has 2 aromatic rings. The number of carbonyl (C=O) groups excluding carboxylic acids is 5. The summed E-state index contributed by atoms with van der Waals surface area (Å²) in [4.78, 5) is 77.7. The molecule has 0 fully saturated rings. The first-order valence-corrected chi connectivity index (χ1v) is 23.5. The second-order valence-electron chi connectivity index (χ2n) is 18.7. The van der Waals surface area contributed by atoms with E-state index in [-0.39, 0.29) is 42.6 Å². The molecule has 19 nitrogen and oxygen atoms in total. The largest absolute Gasteiger partial charge is 0.550 e. The number of quaternary nitrogens is 1. The van der Waals surface area contributed by atoms with E-state index in [0.717, 1.165) is 23.6 Å². The van der Waals surface area contributed by atoms with Crippen molar-refractivity contribution in [3.8, 4) is 5.75 Å². The summed E-state index contributed by atoms with van der Waals surface area (Å²) in [5, 5.41) is 26.2. The van der Waals surface area contributed by atoms with Crippen LogP contribution in [0.2, 0.25) is 0 Å². The minimum atomic E-state index is -4.16. The molecule has 1 aliphatic rings. The van der Waals surface area contributed by atoms with Crippen LogP contribution in [-0.4, -0.2) is 97.5 Å². The number of nitrogens with two attached hydrogens (primary N) is 1. The van der Waals surface area contributed by atoms with Gasteiger partial charge in [0.1, 0.15) is 36.0 Å². The Morgan fingerprint density at radius 1 is 0.985 bits per heavy atom. The number of benzene rings is 2. The smallest absolute Gasteiger partial charge is 0.322 e. The topological polar surface area (TPSA) is 312 Å². The lowest BCUT2D eigenvalue weighted by Crippen LogP contribution is -2.69. The monoisotopic (exact) mass is 957 g/mol. The first-order valence-electron chi connectivity index (χ1n) is 22.0. The lowest BCUT2D eigenvalue weighted by atomic mass is 9.86. The third-order valence-corrected chi connectivity index (χ3v) is 12.1. The van der Waals surface area contributed by atoms with E-state index < -0.39 is 87.4 Å². The van der Waals surface area contributed by atoms with Crippen LogP contribution < -0.4 is 42.0 Å². The molecule has 4 atom stereocenters. The summed E-state index contributed by atoms with van der Waals surface area (Å²) < 4.78 is 41.2. The predicted molar refractivity (Wildman–Crippen MR) is 250 cm³/mol. The van der Waals surface area contributed by atoms with Crippen molar-refractivity contribution in [2.24, 2.45) is 22.6 Å². The summed E-state index contributed by atoms with van der Waals surface area (Å²) in [7, 11) is -4.16. The van der Waals surface area contributed by atoms with Crippen LogP contribution in [0.25, 0.3) is 0 Å². The fourth-order valence-electron chi connectivity index (χ4n) is 7.63. The van der Waals surface area contributed by atoms with Crippen molar-refractivity contribution in [3.63, 3.8) is 0 Å². The van der Waals surface area contributed by atoms with Gasteiger partial charge in [-0.1, -0.05) is 55.8 Å². The number of carbonyl (C=O) groups is 6. The number of guanidine groups is 1. The molecule has 1 aliphatic heterocycles. The number of hydrogen-bond acceptors (Lipinski definition) is 12. The fourth-order valence-corrected chi connectivity index (χ4v) is 9.16. The summed E-state index contributed by atoms with van der Waals surface area (Å²) in [5.74, 6) is -5.42. The number of hydrogen-bond donors (Lipinski definition) is 7. The van der Waals surface area contributed by atoms with E-state index in [1.807, 2.05) is 65.0 Å². The number of nitrogens with zero attached hydrogens (tertiary/aromatic N) is 1. The number of fused-ring (bicyclic) bond motifs is 1. The number of carboxylic acid groups (broad SMARTS) is 2. The van der Waals surface area contributed by atoms with Crippen LogP contribution in [0.5, 0.6) is 5.75 Å². The van der Waals surface area contributed by atoms with Crippen LogP contribution in [0.3, 0.4) is 0 Å². The third kappa shape index (κ3) is 18.6. The number of esters is 1. The number of aliphatic carboxylic acids is 2. The van der Waals surface area contributed by atoms with E-state index in [4.69, 9.17) is 25.1 Å². The Morgan fingerprint density at radius 2 is 1.58 bits per heavy atom. The highest BCUT2D eigenvalue weighted by molar-refractivity contribution is 7.90. The molecule has 3 rings (SSSR count). The lowest BCUT2D eigenvalue weighted by molar-refractivity contribution is -0.403. The first-order chi connectivity index (χ1) is 30.8. The van der Waals surface area contributed by atoms with Crippen LogP contribution in [0.1, 0.15) is 109 Å². The SMILES string of the molecule is C/C(=C/[C@@H](Cc1ccccc1)NC(=O)[C@@H]([NH3+])CC(=O)OC(C)(C)C)[C@@H](C(=O)N[C@@H](CCCN=C(N)NS(=O)(=O)c1c(C)c(C)c2c(c1C)CC(C)(C)O2)C(=O)NCC(=O)O)C(C)C.CC(=O)[O-]. The summed E-state index contributed by atoms with van der Waals surface area (Å²) in [5.41, 5.74) is 12.9. The van der Waals surface area contributed by atoms with Crippen molar-refractivity contribution in [1.82, 2.24) is 20.7 Å². The normalized spacial score (nSPS) is 15.3. The third-order valence-electron chi connectivity index (χ3n) is 10.5. The molecule has 0 spiro atoms. The second kappa shape index (κ2) is 24.7. The van der Waals surface area contributed by atoms with Crippen LogP contribution in [0.4, 0.5) is 0 Å². The summed E-state index contributed by atoms with van der Waals surface area (Å²) in [6, 6.07) is 6.64. The molecule has 3 amide bonds. The maximum atomic E-state index is 14.1. The quantitative estimate of drug-likeness (QED) is 0.0325. The second-order valence-corrected chi connectivity index (χ2v) is 20.3. The van der Waals surface area contributed by atoms with Crippen molar-refractivity contribution in [2.45, 2.75) is 149 Å². The van der Waals surface area contributed by atoms with Crippen LogP contribution in [-0.2, 0) is 56.4 Å². The standard InChI is InChI=1S/C45H67N7O10S.C2H4O2/c1-25(2)37(26(3)20-31(21-30-16-13-12-14-17-30)50-40(56)33(46)22-36(55)61-44(7,8)9)42(58)51-34(41(57)49-24-35(53)54)18-15-19-48-43(47)52-63(59,60)39-28(5)27(4)38-32(29(39)6)23-45(10,11)62-38;1-2(3)4/h12-14,16-17,20,25,31,33-34,37H,15,18-19,21-24,46H2,1-11H3,(H,49,57)(H,50,56)(H,51,58)(H,53,54)(H3,47,48,52);1H3,(H,3,4)/b26-20-;/t31-,33-,34-,37-;/m0./s1. The number of aliphatic imine (C=N–C) groups is 1. The minimum absolute atomic E-state index is 0.00153. The van der Waals surface area contributed by atoms with Gasteiger partial charge in [-0.2, -0.15) is 0 Å². The van der Waals surface area contributed by atoms with Crippen molar-refractivity contribution in [1.29, 1.82) is 0 Å². The highest BCUT2D eigenvalue weighted by atomic mass is 32.2. The van der Waals surface area contributed by atoms with Gasteiger partial charge >= 0.3 is 11.9 Å². The van der Waals surface area contributed by atoms with E-state index in [2.05, 4.69) is 31.4 Å². The van der Waals surface area contributed by atoms with E-state index in [1.54, 1.807) is 47.6 Å². The highest BCUT2D eigenvalue weighted by Crippen LogP contribution is 2.43. The van der Waals surface area contributed by atoms with Crippen molar-refractivity contribution >= 4 is 51.6 Å². The van der Waals surface area contributed by atoms with Gasteiger partial charge in [-0.15, -0.1) is 0 Å². The Hall–Kier alpha value is -6.02. The molecule has 2 aromatic carbocycles. The molecular weight excluding hydrogens is 887 g/mol. The molecule has 1 heterocycles. The Balaban J connectivity index is 0.00000369. The minimum Gasteiger partial charge on any atom is -0.550 e. The van der Waals surface area contributed by atoms with Crippen molar-refractivity contribution in [3.05, 3.63) is 69.8 Å². The van der Waals surface area contributed by atoms with E-state index in [0.29, 0.717) is 35.3 Å². The average molecular weight is 958 g/mol. The van der Waals surface area contributed by atoms with E-state index in [1.165, 1.54) is 0 Å². The first kappa shape index (κ1) is 57.1. The number of ether oxygens (including phenoxy) is 2. The molecule has 0 bridgehead atoms. The Labute approximate surface area is 394 Å². The van der Waals surface area contributed by atoms with Crippen molar-refractivity contribution < 1.29 is 62.6 Å². The van der Waals surface area contributed by atoms with Crippen LogP contribution in [0.15, 0.2) is 51.9 Å². The fraction of sp³-hybridized carbons (Fsp3) is 0.553. The summed E-state index contributed by atoms with van der Waals surface area (Å²) in [6.45, 7) is 20.0. The molecule has 0 saturated carbocycles. The van der Waals surface area contributed by atoms with Gasteiger partial charge < -0.3 is 51.9 Å². The molecular formula is C47H71N7O12S. The number of rotatable bonds is 20. The van der Waals surface area contributed by atoms with Gasteiger partial charge in [0.15, 0.2) is 6.04 Å². The number of amides is 3. The molecule has 0 saturated heterocycles. The molecule has 0 aliphatic carbocycles. The maximum absolute atomic E-state index is 14.1. The zero-order valence-corrected chi connectivity index (χ0v) is 41.7. The zero-order valence-electron chi connectivity index (χ0n) is 40.9. The lowest BCUT2D eigenvalue weighted by Gasteiger charge is -2.26. The predicted octanol–water partition coefficient (Wildman–Crippen LogP) is 1.43. The molecule has 0 unspecified atom stereocenters. The molecule has 10 N–H and O–H groups in total. The van der Waals surface area contributed by atoms with Gasteiger partial charge in [0, 0.05) is 24.5 Å². The Morgan fingerprint density at radius 3 is 2.13 bits per heavy atom. The zero-order chi connectivity index (χ0) is 51.2. The number of carboxylic acids is 2. The van der Waals surface area contributed by atoms with Crippen molar-refractivity contribution in [2.75, 3.05) is 13.1 Å². The average Bonchev–Trinajstić information content (AvgIpc) is 3.51. The molecule has 20 heteroatoms. The van der Waals surface area contributed by atoms with Crippen LogP contribution in [0, 0.1) is 32.6 Å². The summed E-state index contributed by atoms with van der Waals surface area (Å²) >= 11 is 0. The summed E-state index contributed by atoms with van der Waals surface area (Å²) in [6.07, 6.45) is 2.59. The van der Waals surface area contributed by atoms with Gasteiger partial charge in [0.05, 0.1) is 16.9 Å². The number of sulfonamides is 1. The van der Waals surface area contributed by atoms with E-state index >= 15 is 0 Å². The number of nitrogens with one attached hydrogen (secondary N) is 4. The van der Waals surface area contributed by atoms with Crippen LogP contribution >= 0.6 is 0 Å². The molecule has 67 heavy (non-hydrogen) atoms. The molecule has 0 radical (unpaired) electrons. The Bertz CT molecular complexity index is 2280. The van der Waals surface area contributed by atoms with Gasteiger partial charge in [0.25, 0.3) is 15.9 Å². The van der Waals surface area contributed by atoms with Gasteiger partial charge in [-0.25, -0.2) is 13.1 Å². The van der Waals surface area contributed by atoms with E-state index in [9.17, 15) is 37.5 Å². The Kier molecular flexibility index (Phi) is 21.0. The highest BCUT2D eigenvalue weighted by Gasteiger charge is 2.37. The maximum Gasteiger partial charge on any atom is 0.322 e. The molecule has 0 aromatic heterocycles.